The van der Waals surface area contributed by atoms with Gasteiger partial charge in [-0.3, -0.25) is 0 Å². The summed E-state index contributed by atoms with van der Waals surface area (Å²) in [6, 6.07) is 3.52. The molecule has 4 heteroatoms. The zero-order valence-corrected chi connectivity index (χ0v) is 10.6. The zero-order valence-electron chi connectivity index (χ0n) is 10.6. The molecule has 0 saturated carbocycles. The summed E-state index contributed by atoms with van der Waals surface area (Å²) in [5, 5.41) is 0. The van der Waals surface area contributed by atoms with Crippen LogP contribution in [0.15, 0.2) is 18.2 Å². The van der Waals surface area contributed by atoms with Crippen molar-refractivity contribution in [3.8, 4) is 0 Å². The molecule has 0 aliphatic heterocycles. The van der Waals surface area contributed by atoms with E-state index >= 15 is 0 Å². The Bertz CT molecular complexity index is 378. The molecular weight excluding hydrogens is 222 g/mol. The Labute approximate surface area is 101 Å². The van der Waals surface area contributed by atoms with Crippen molar-refractivity contribution in [2.75, 3.05) is 20.1 Å². The predicted octanol–water partition coefficient (Wildman–Crippen LogP) is 2.38. The molecule has 96 valence electrons. The molecule has 2 N–H and O–H groups in total. The lowest BCUT2D eigenvalue weighted by Crippen LogP contribution is -2.36. The first-order chi connectivity index (χ1) is 7.84. The van der Waals surface area contributed by atoms with Crippen LogP contribution in [0.5, 0.6) is 0 Å². The molecule has 0 radical (unpaired) electrons. The first-order valence-electron chi connectivity index (χ1n) is 5.66. The van der Waals surface area contributed by atoms with E-state index in [0.29, 0.717) is 18.7 Å². The molecule has 0 aliphatic carbocycles. The van der Waals surface area contributed by atoms with Crippen LogP contribution in [0.4, 0.5) is 8.78 Å². The maximum atomic E-state index is 13.4. The highest BCUT2D eigenvalue weighted by Crippen LogP contribution is 2.17. The summed E-state index contributed by atoms with van der Waals surface area (Å²) in [6.45, 7) is 5.77. The fourth-order valence-electron chi connectivity index (χ4n) is 1.81. The normalized spacial score (nSPS) is 12.2. The summed E-state index contributed by atoms with van der Waals surface area (Å²) >= 11 is 0. The molecule has 0 amide bonds. The van der Waals surface area contributed by atoms with Crippen molar-refractivity contribution in [2.45, 2.75) is 20.4 Å². The van der Waals surface area contributed by atoms with Crippen molar-refractivity contribution in [3.05, 3.63) is 35.4 Å². The summed E-state index contributed by atoms with van der Waals surface area (Å²) in [4.78, 5) is 1.95. The van der Waals surface area contributed by atoms with Gasteiger partial charge in [0.1, 0.15) is 11.6 Å². The summed E-state index contributed by atoms with van der Waals surface area (Å²) in [6.07, 6.45) is 0. The molecule has 17 heavy (non-hydrogen) atoms. The zero-order chi connectivity index (χ0) is 13.1. The second-order valence-corrected chi connectivity index (χ2v) is 5.28. The minimum atomic E-state index is -0.409. The van der Waals surface area contributed by atoms with E-state index < -0.39 is 5.82 Å². The third kappa shape index (κ3) is 4.40. The molecule has 2 nitrogen and oxygen atoms in total. The standard InChI is InChI=1S/C13H20F2N2/c1-13(2,8-16)9-17(3)7-10-6-11(14)4-5-12(10)15/h4-6H,7-9,16H2,1-3H3. The molecule has 1 rings (SSSR count). The van der Waals surface area contributed by atoms with Crippen LogP contribution in [0.25, 0.3) is 0 Å². The van der Waals surface area contributed by atoms with Crippen molar-refractivity contribution in [3.63, 3.8) is 0 Å². The fraction of sp³-hybridized carbons (Fsp3) is 0.538. The minimum absolute atomic E-state index is 0.0292. The molecular formula is C13H20F2N2. The summed E-state index contributed by atoms with van der Waals surface area (Å²) < 4.78 is 26.4. The third-order valence-corrected chi connectivity index (χ3v) is 2.70. The lowest BCUT2D eigenvalue weighted by atomic mass is 9.93. The maximum Gasteiger partial charge on any atom is 0.127 e. The van der Waals surface area contributed by atoms with Gasteiger partial charge in [0, 0.05) is 18.7 Å². The number of hydrogen-bond donors (Lipinski definition) is 1. The molecule has 0 fully saturated rings. The van der Waals surface area contributed by atoms with Crippen molar-refractivity contribution >= 4 is 0 Å². The van der Waals surface area contributed by atoms with Gasteiger partial charge < -0.3 is 10.6 Å². The molecule has 1 aromatic carbocycles. The first-order valence-corrected chi connectivity index (χ1v) is 5.66. The van der Waals surface area contributed by atoms with E-state index in [0.717, 1.165) is 18.7 Å². The Hall–Kier alpha value is -1.00. The number of hydrogen-bond acceptors (Lipinski definition) is 2. The summed E-state index contributed by atoms with van der Waals surface area (Å²) in [5.74, 6) is -0.781. The quantitative estimate of drug-likeness (QED) is 0.859. The van der Waals surface area contributed by atoms with Crippen LogP contribution >= 0.6 is 0 Å². The molecule has 0 spiro atoms. The second kappa shape index (κ2) is 5.56. The fourth-order valence-corrected chi connectivity index (χ4v) is 1.81. The first kappa shape index (κ1) is 14.1. The Kier molecular flexibility index (Phi) is 4.60. The van der Waals surface area contributed by atoms with Gasteiger partial charge in [-0.2, -0.15) is 0 Å². The molecule has 0 bridgehead atoms. The molecule has 0 aromatic heterocycles. The van der Waals surface area contributed by atoms with E-state index in [1.54, 1.807) is 0 Å². The van der Waals surface area contributed by atoms with Gasteiger partial charge in [-0.1, -0.05) is 13.8 Å². The summed E-state index contributed by atoms with van der Waals surface area (Å²) in [7, 11) is 1.88. The van der Waals surface area contributed by atoms with Gasteiger partial charge in [-0.15, -0.1) is 0 Å². The Balaban J connectivity index is 2.68. The third-order valence-electron chi connectivity index (χ3n) is 2.70. The van der Waals surface area contributed by atoms with Gasteiger partial charge >= 0.3 is 0 Å². The monoisotopic (exact) mass is 242 g/mol. The average Bonchev–Trinajstić information content (AvgIpc) is 2.23. The van der Waals surface area contributed by atoms with Gasteiger partial charge in [0.15, 0.2) is 0 Å². The van der Waals surface area contributed by atoms with Crippen LogP contribution in [0.2, 0.25) is 0 Å². The molecule has 0 atom stereocenters. The van der Waals surface area contributed by atoms with Gasteiger partial charge in [0.25, 0.3) is 0 Å². The minimum Gasteiger partial charge on any atom is -0.330 e. The van der Waals surface area contributed by atoms with Crippen LogP contribution in [0.3, 0.4) is 0 Å². The highest BCUT2D eigenvalue weighted by Gasteiger charge is 2.18. The number of nitrogens with zero attached hydrogens (tertiary/aromatic N) is 1. The van der Waals surface area contributed by atoms with Crippen LogP contribution < -0.4 is 5.73 Å². The number of nitrogens with two attached hydrogens (primary N) is 1. The van der Waals surface area contributed by atoms with Crippen molar-refractivity contribution in [1.82, 2.24) is 4.90 Å². The lowest BCUT2D eigenvalue weighted by Gasteiger charge is -2.29. The summed E-state index contributed by atoms with van der Waals surface area (Å²) in [5.41, 5.74) is 5.99. The maximum absolute atomic E-state index is 13.4. The molecule has 0 heterocycles. The molecule has 0 saturated heterocycles. The number of rotatable bonds is 5. The number of halogens is 2. The largest absolute Gasteiger partial charge is 0.330 e. The van der Waals surface area contributed by atoms with Crippen molar-refractivity contribution in [2.24, 2.45) is 11.1 Å². The van der Waals surface area contributed by atoms with Crippen LogP contribution in [-0.4, -0.2) is 25.0 Å². The van der Waals surface area contributed by atoms with Gasteiger partial charge in [0.05, 0.1) is 0 Å². The van der Waals surface area contributed by atoms with Gasteiger partial charge in [-0.25, -0.2) is 8.78 Å². The Morgan fingerprint density at radius 2 is 1.94 bits per heavy atom. The van der Waals surface area contributed by atoms with Gasteiger partial charge in [-0.05, 0) is 37.2 Å². The van der Waals surface area contributed by atoms with E-state index in [1.165, 1.54) is 6.07 Å². The van der Waals surface area contributed by atoms with E-state index in [4.69, 9.17) is 5.73 Å². The van der Waals surface area contributed by atoms with Crippen molar-refractivity contribution in [1.29, 1.82) is 0 Å². The molecule has 0 aliphatic rings. The van der Waals surface area contributed by atoms with E-state index in [2.05, 4.69) is 0 Å². The van der Waals surface area contributed by atoms with E-state index in [-0.39, 0.29) is 11.2 Å². The number of benzene rings is 1. The highest BCUT2D eigenvalue weighted by molar-refractivity contribution is 5.18. The van der Waals surface area contributed by atoms with Crippen LogP contribution in [-0.2, 0) is 6.54 Å². The van der Waals surface area contributed by atoms with Crippen molar-refractivity contribution < 1.29 is 8.78 Å². The van der Waals surface area contributed by atoms with E-state index in [9.17, 15) is 8.78 Å². The topological polar surface area (TPSA) is 29.3 Å². The highest BCUT2D eigenvalue weighted by atomic mass is 19.1. The predicted molar refractivity (Wildman–Crippen MR) is 65.5 cm³/mol. The van der Waals surface area contributed by atoms with Crippen LogP contribution in [0, 0.1) is 17.0 Å². The Morgan fingerprint density at radius 3 is 2.53 bits per heavy atom. The van der Waals surface area contributed by atoms with Crippen LogP contribution in [0.1, 0.15) is 19.4 Å². The van der Waals surface area contributed by atoms with Gasteiger partial charge in [0.2, 0.25) is 0 Å². The Morgan fingerprint density at radius 1 is 1.29 bits per heavy atom. The molecule has 0 unspecified atom stereocenters. The SMILES string of the molecule is CN(Cc1cc(F)ccc1F)CC(C)(C)CN. The lowest BCUT2D eigenvalue weighted by molar-refractivity contribution is 0.208. The second-order valence-electron chi connectivity index (χ2n) is 5.28. The molecule has 1 aromatic rings. The average molecular weight is 242 g/mol. The van der Waals surface area contributed by atoms with E-state index in [1.807, 2.05) is 25.8 Å². The smallest absolute Gasteiger partial charge is 0.127 e.